The van der Waals surface area contributed by atoms with Crippen molar-refractivity contribution < 1.29 is 13.2 Å². The predicted octanol–water partition coefficient (Wildman–Crippen LogP) is 2.42. The van der Waals surface area contributed by atoms with Gasteiger partial charge < -0.3 is 5.32 Å². The molecule has 156 valence electrons. The van der Waals surface area contributed by atoms with Crippen molar-refractivity contribution >= 4 is 38.6 Å². The molecule has 0 bridgehead atoms. The molecule has 0 fully saturated rings. The highest BCUT2D eigenvalue weighted by Gasteiger charge is 2.26. The first kappa shape index (κ1) is 18.9. The van der Waals surface area contributed by atoms with Crippen molar-refractivity contribution in [3.63, 3.8) is 0 Å². The molecule has 30 heavy (non-hydrogen) atoms. The maximum Gasteiger partial charge on any atom is 0.334 e. The summed E-state index contributed by atoms with van der Waals surface area (Å²) in [5.74, 6) is 0. The second-order valence-corrected chi connectivity index (χ2v) is 9.23. The molecule has 0 radical (unpaired) electrons. The van der Waals surface area contributed by atoms with Gasteiger partial charge in [0.1, 0.15) is 5.52 Å². The zero-order chi connectivity index (χ0) is 20.9. The van der Waals surface area contributed by atoms with Crippen molar-refractivity contribution in [1.82, 2.24) is 19.7 Å². The Bertz CT molecular complexity index is 1250. The average molecular weight is 427 g/mol. The third-order valence-corrected chi connectivity index (χ3v) is 6.76. The van der Waals surface area contributed by atoms with Crippen LogP contribution in [-0.4, -0.2) is 29.4 Å². The number of carbonyl (C=O) groups excluding carboxylic acids is 1. The van der Waals surface area contributed by atoms with Crippen molar-refractivity contribution in [2.45, 2.75) is 38.5 Å². The Kier molecular flexibility index (Phi) is 4.39. The SMILES string of the molecule is Cn1nnc2ccc(NS(=O)(=O)NC(=O)Nc3c4c(cc5c3CCC5)CCC4)cc21. The third kappa shape index (κ3) is 3.36. The third-order valence-electron chi connectivity index (χ3n) is 5.80. The van der Waals surface area contributed by atoms with E-state index >= 15 is 0 Å². The molecule has 5 rings (SSSR count). The molecule has 1 aromatic heterocycles. The molecule has 2 amide bonds. The number of rotatable bonds is 4. The number of carbonyl (C=O) groups is 1. The fourth-order valence-electron chi connectivity index (χ4n) is 4.50. The van der Waals surface area contributed by atoms with Crippen LogP contribution in [0.3, 0.4) is 0 Å². The first-order valence-corrected chi connectivity index (χ1v) is 11.5. The van der Waals surface area contributed by atoms with E-state index in [0.29, 0.717) is 16.7 Å². The van der Waals surface area contributed by atoms with Gasteiger partial charge in [0, 0.05) is 12.7 Å². The minimum Gasteiger partial charge on any atom is -0.307 e. The van der Waals surface area contributed by atoms with Gasteiger partial charge in [0.05, 0.1) is 11.2 Å². The van der Waals surface area contributed by atoms with E-state index in [2.05, 4.69) is 31.1 Å². The lowest BCUT2D eigenvalue weighted by Gasteiger charge is -2.17. The van der Waals surface area contributed by atoms with Crippen LogP contribution < -0.4 is 14.8 Å². The summed E-state index contributed by atoms with van der Waals surface area (Å²) in [4.78, 5) is 12.6. The molecule has 0 atom stereocenters. The molecule has 0 saturated carbocycles. The second-order valence-electron chi connectivity index (χ2n) is 7.81. The largest absolute Gasteiger partial charge is 0.334 e. The highest BCUT2D eigenvalue weighted by Crippen LogP contribution is 2.38. The monoisotopic (exact) mass is 426 g/mol. The maximum absolute atomic E-state index is 12.6. The Hall–Kier alpha value is -3.14. The predicted molar refractivity (Wildman–Crippen MR) is 114 cm³/mol. The molecular formula is C20H22N6O3S. The van der Waals surface area contributed by atoms with Crippen LogP contribution in [0.1, 0.15) is 35.1 Å². The molecule has 1 heterocycles. The molecule has 10 heteroatoms. The van der Waals surface area contributed by atoms with E-state index in [1.165, 1.54) is 11.1 Å². The van der Waals surface area contributed by atoms with Crippen LogP contribution in [-0.2, 0) is 42.9 Å². The number of nitrogens with zero attached hydrogens (tertiary/aromatic N) is 3. The molecule has 3 N–H and O–H groups in total. The van der Waals surface area contributed by atoms with Crippen LogP contribution in [0.15, 0.2) is 24.3 Å². The standard InChI is InChI=1S/C20H22N6O3S/c1-26-18-11-14(8-9-17(18)22-25-26)23-30(28,29)24-20(27)21-19-15-6-2-4-12(15)10-13-5-3-7-16(13)19/h8-11,23H,2-7H2,1H3,(H2,21,24,27). The topological polar surface area (TPSA) is 118 Å². The molecule has 0 saturated heterocycles. The van der Waals surface area contributed by atoms with Gasteiger partial charge in [-0.3, -0.25) is 4.72 Å². The van der Waals surface area contributed by atoms with Gasteiger partial charge in [-0.25, -0.2) is 14.2 Å². The van der Waals surface area contributed by atoms with Crippen molar-refractivity contribution in [2.75, 3.05) is 10.0 Å². The van der Waals surface area contributed by atoms with Gasteiger partial charge in [0.25, 0.3) is 0 Å². The normalized spacial score (nSPS) is 15.1. The minimum absolute atomic E-state index is 0.315. The Balaban J connectivity index is 1.34. The number of aromatic nitrogens is 3. The van der Waals surface area contributed by atoms with Gasteiger partial charge in [0.15, 0.2) is 0 Å². The fraction of sp³-hybridized carbons (Fsp3) is 0.350. The number of anilines is 2. The first-order valence-electron chi connectivity index (χ1n) is 9.97. The van der Waals surface area contributed by atoms with Crippen molar-refractivity contribution in [2.24, 2.45) is 7.05 Å². The molecular weight excluding hydrogens is 404 g/mol. The number of urea groups is 1. The summed E-state index contributed by atoms with van der Waals surface area (Å²) in [5.41, 5.74) is 7.26. The summed E-state index contributed by atoms with van der Waals surface area (Å²) < 4.78 is 31.0. The lowest BCUT2D eigenvalue weighted by Crippen LogP contribution is -2.38. The number of fused-ring (bicyclic) bond motifs is 3. The Labute approximate surface area is 174 Å². The van der Waals surface area contributed by atoms with Crippen molar-refractivity contribution in [3.8, 4) is 0 Å². The summed E-state index contributed by atoms with van der Waals surface area (Å²) in [6.45, 7) is 0. The van der Waals surface area contributed by atoms with Crippen LogP contribution in [0.25, 0.3) is 11.0 Å². The van der Waals surface area contributed by atoms with Crippen LogP contribution >= 0.6 is 0 Å². The quantitative estimate of drug-likeness (QED) is 0.592. The highest BCUT2D eigenvalue weighted by atomic mass is 32.2. The van der Waals surface area contributed by atoms with Crippen molar-refractivity contribution in [3.05, 3.63) is 46.5 Å². The van der Waals surface area contributed by atoms with Gasteiger partial charge in [-0.1, -0.05) is 11.3 Å². The van der Waals surface area contributed by atoms with Crippen molar-refractivity contribution in [1.29, 1.82) is 0 Å². The number of nitrogens with one attached hydrogen (secondary N) is 3. The van der Waals surface area contributed by atoms with Gasteiger partial charge in [-0.15, -0.1) is 5.10 Å². The Morgan fingerprint density at radius 1 is 1.03 bits per heavy atom. The zero-order valence-corrected chi connectivity index (χ0v) is 17.3. The smallest absolute Gasteiger partial charge is 0.307 e. The van der Waals surface area contributed by atoms with Crippen LogP contribution in [0.2, 0.25) is 0 Å². The number of amides is 2. The van der Waals surface area contributed by atoms with E-state index in [9.17, 15) is 13.2 Å². The molecule has 3 aromatic rings. The van der Waals surface area contributed by atoms with Gasteiger partial charge >= 0.3 is 16.2 Å². The maximum atomic E-state index is 12.6. The molecule has 0 spiro atoms. The molecule has 2 aliphatic rings. The molecule has 2 aromatic carbocycles. The first-order chi connectivity index (χ1) is 14.4. The van der Waals surface area contributed by atoms with Crippen LogP contribution in [0.4, 0.5) is 16.2 Å². The summed E-state index contributed by atoms with van der Waals surface area (Å²) in [7, 11) is -2.39. The zero-order valence-electron chi connectivity index (χ0n) is 16.5. The summed E-state index contributed by atoms with van der Waals surface area (Å²) in [6.07, 6.45) is 5.93. The molecule has 0 unspecified atom stereocenters. The fourth-order valence-corrected chi connectivity index (χ4v) is 5.29. The lowest BCUT2D eigenvalue weighted by molar-refractivity contribution is 0.256. The van der Waals surface area contributed by atoms with E-state index < -0.39 is 16.2 Å². The number of aryl methyl sites for hydroxylation is 3. The van der Waals surface area contributed by atoms with E-state index in [4.69, 9.17) is 0 Å². The van der Waals surface area contributed by atoms with Gasteiger partial charge in [0.2, 0.25) is 0 Å². The number of hydrogen-bond donors (Lipinski definition) is 3. The summed E-state index contributed by atoms with van der Waals surface area (Å²) >= 11 is 0. The van der Waals surface area contributed by atoms with E-state index in [-0.39, 0.29) is 0 Å². The van der Waals surface area contributed by atoms with E-state index in [1.807, 2.05) is 0 Å². The van der Waals surface area contributed by atoms with E-state index in [1.54, 1.807) is 29.9 Å². The van der Waals surface area contributed by atoms with Crippen LogP contribution in [0.5, 0.6) is 0 Å². The summed E-state index contributed by atoms with van der Waals surface area (Å²) in [5, 5.41) is 10.7. The average Bonchev–Trinajstić information content (AvgIpc) is 3.41. The summed E-state index contributed by atoms with van der Waals surface area (Å²) in [6, 6.07) is 6.35. The van der Waals surface area contributed by atoms with Gasteiger partial charge in [-0.05, 0) is 79.0 Å². The van der Waals surface area contributed by atoms with Gasteiger partial charge in [-0.2, -0.15) is 8.42 Å². The molecule has 9 nitrogen and oxygen atoms in total. The second kappa shape index (κ2) is 6.98. The van der Waals surface area contributed by atoms with Crippen LogP contribution in [0, 0.1) is 0 Å². The molecule has 2 aliphatic carbocycles. The highest BCUT2D eigenvalue weighted by molar-refractivity contribution is 7.91. The lowest BCUT2D eigenvalue weighted by atomic mass is 9.99. The Morgan fingerprint density at radius 3 is 2.43 bits per heavy atom. The number of hydrogen-bond acceptors (Lipinski definition) is 5. The number of benzene rings is 2. The van der Waals surface area contributed by atoms with E-state index in [0.717, 1.165) is 55.3 Å². The molecule has 0 aliphatic heterocycles. The Morgan fingerprint density at radius 2 is 1.73 bits per heavy atom. The minimum atomic E-state index is -4.11.